The summed E-state index contributed by atoms with van der Waals surface area (Å²) in [6, 6.07) is 11.2. The molecule has 6 nitrogen and oxygen atoms in total. The summed E-state index contributed by atoms with van der Waals surface area (Å²) in [5.74, 6) is -0.761. The number of nitrogens with zero attached hydrogens (tertiary/aromatic N) is 3. The van der Waals surface area contributed by atoms with E-state index in [1.807, 2.05) is 23.1 Å². The van der Waals surface area contributed by atoms with Crippen molar-refractivity contribution in [2.45, 2.75) is 24.8 Å². The lowest BCUT2D eigenvalue weighted by Crippen LogP contribution is -2.37. The number of anilines is 1. The van der Waals surface area contributed by atoms with Crippen LogP contribution in [-0.2, 0) is 9.53 Å². The molecule has 1 N–H and O–H groups in total. The normalized spacial score (nSPS) is 17.2. The molecule has 3 aromatic rings. The van der Waals surface area contributed by atoms with E-state index < -0.39 is 12.0 Å². The van der Waals surface area contributed by atoms with Crippen LogP contribution in [0.5, 0.6) is 0 Å². The van der Waals surface area contributed by atoms with Gasteiger partial charge >= 0.3 is 5.97 Å². The molecule has 2 aliphatic heterocycles. The zero-order valence-electron chi connectivity index (χ0n) is 17.2. The second-order valence-electron chi connectivity index (χ2n) is 7.31. The maximum Gasteiger partial charge on any atom is 0.338 e. The fourth-order valence-electron chi connectivity index (χ4n) is 3.99. The molecule has 0 saturated carbocycles. The molecule has 3 heterocycles. The summed E-state index contributed by atoms with van der Waals surface area (Å²) < 4.78 is 18.9. The predicted octanol–water partition coefficient (Wildman–Crippen LogP) is 5.73. The number of rotatable bonds is 4. The van der Waals surface area contributed by atoms with Gasteiger partial charge in [0.2, 0.25) is 0 Å². The molecule has 0 saturated heterocycles. The lowest BCUT2D eigenvalue weighted by Gasteiger charge is -2.34. The molecule has 2 aromatic carbocycles. The Morgan fingerprint density at radius 1 is 1.28 bits per heavy atom. The fourth-order valence-corrected chi connectivity index (χ4v) is 5.36. The number of esters is 1. The number of hydrogen-bond acceptors (Lipinski definition) is 6. The van der Waals surface area contributed by atoms with E-state index in [4.69, 9.17) is 21.3 Å². The third-order valence-corrected chi connectivity index (χ3v) is 6.62. The van der Waals surface area contributed by atoms with Crippen LogP contribution in [0.25, 0.3) is 11.3 Å². The summed E-state index contributed by atoms with van der Waals surface area (Å²) in [7, 11) is 0. The molecule has 0 amide bonds. The molecule has 2 aliphatic rings. The van der Waals surface area contributed by atoms with E-state index in [1.54, 1.807) is 32.2 Å². The molecule has 0 bridgehead atoms. The third kappa shape index (κ3) is 3.40. The van der Waals surface area contributed by atoms with Crippen LogP contribution in [0.3, 0.4) is 0 Å². The highest BCUT2D eigenvalue weighted by Crippen LogP contribution is 2.51. The van der Waals surface area contributed by atoms with Crippen molar-refractivity contribution in [3.63, 3.8) is 0 Å². The number of benzene rings is 2. The molecule has 162 valence electrons. The van der Waals surface area contributed by atoms with Crippen LogP contribution in [0.4, 0.5) is 10.1 Å². The van der Waals surface area contributed by atoms with E-state index in [9.17, 15) is 9.18 Å². The van der Waals surface area contributed by atoms with E-state index in [2.05, 4.69) is 10.2 Å². The minimum absolute atomic E-state index is 0.246. The Bertz CT molecular complexity index is 1290. The van der Waals surface area contributed by atoms with E-state index in [1.165, 1.54) is 23.9 Å². The van der Waals surface area contributed by atoms with Crippen molar-refractivity contribution in [3.8, 4) is 11.3 Å². The Balaban J connectivity index is 1.71. The van der Waals surface area contributed by atoms with Crippen LogP contribution in [-0.4, -0.2) is 27.9 Å². The SMILES string of the molecule is CCOC(=O)C1=C(C)N=C2Sc3cc(Cl)ccc3N2C1c1cn[nH]c1-c1ccc(F)cc1. The number of aromatic amines is 1. The maximum absolute atomic E-state index is 13.5. The topological polar surface area (TPSA) is 70.6 Å². The number of allylic oxidation sites excluding steroid dienone is 1. The van der Waals surface area contributed by atoms with Crippen LogP contribution >= 0.6 is 23.4 Å². The minimum Gasteiger partial charge on any atom is -0.463 e. The predicted molar refractivity (Wildman–Crippen MR) is 123 cm³/mol. The van der Waals surface area contributed by atoms with Gasteiger partial charge in [0.1, 0.15) is 5.82 Å². The zero-order chi connectivity index (χ0) is 22.4. The number of aliphatic imine (C=N–C) groups is 1. The van der Waals surface area contributed by atoms with Gasteiger partial charge in [-0.25, -0.2) is 14.2 Å². The summed E-state index contributed by atoms with van der Waals surface area (Å²) in [6.45, 7) is 3.82. The van der Waals surface area contributed by atoms with Gasteiger partial charge in [-0.1, -0.05) is 11.6 Å². The number of nitrogens with one attached hydrogen (secondary N) is 1. The number of fused-ring (bicyclic) bond motifs is 3. The average molecular weight is 469 g/mol. The Morgan fingerprint density at radius 3 is 2.81 bits per heavy atom. The number of halogens is 2. The van der Waals surface area contributed by atoms with Crippen molar-refractivity contribution in [1.82, 2.24) is 10.2 Å². The summed E-state index contributed by atoms with van der Waals surface area (Å²) >= 11 is 7.72. The highest BCUT2D eigenvalue weighted by molar-refractivity contribution is 8.14. The molecule has 1 unspecified atom stereocenters. The Hall–Kier alpha value is -3.10. The van der Waals surface area contributed by atoms with Gasteiger partial charge in [-0.2, -0.15) is 5.10 Å². The van der Waals surface area contributed by atoms with E-state index >= 15 is 0 Å². The van der Waals surface area contributed by atoms with Gasteiger partial charge in [0, 0.05) is 21.0 Å². The van der Waals surface area contributed by atoms with Gasteiger partial charge in [0.25, 0.3) is 0 Å². The van der Waals surface area contributed by atoms with Gasteiger partial charge < -0.3 is 9.64 Å². The molecule has 0 radical (unpaired) electrons. The number of hydrogen-bond donors (Lipinski definition) is 1. The number of H-pyrrole nitrogens is 1. The van der Waals surface area contributed by atoms with Crippen LogP contribution in [0.1, 0.15) is 25.5 Å². The molecule has 0 spiro atoms. The third-order valence-electron chi connectivity index (χ3n) is 5.36. The number of thioether (sulfide) groups is 1. The van der Waals surface area contributed by atoms with Crippen LogP contribution in [0.15, 0.2) is 69.8 Å². The van der Waals surface area contributed by atoms with Gasteiger partial charge in [-0.15, -0.1) is 0 Å². The molecule has 1 aromatic heterocycles. The average Bonchev–Trinajstić information content (AvgIpc) is 3.37. The minimum atomic E-state index is -0.532. The van der Waals surface area contributed by atoms with E-state index in [0.29, 0.717) is 22.0 Å². The first kappa shape index (κ1) is 20.8. The Morgan fingerprint density at radius 2 is 2.06 bits per heavy atom. The van der Waals surface area contributed by atoms with E-state index in [-0.39, 0.29) is 12.4 Å². The monoisotopic (exact) mass is 468 g/mol. The van der Waals surface area contributed by atoms with Crippen LogP contribution in [0, 0.1) is 5.82 Å². The summed E-state index contributed by atoms with van der Waals surface area (Å²) in [5, 5.41) is 8.64. The first-order valence-corrected chi connectivity index (χ1v) is 11.2. The molecule has 5 rings (SSSR count). The van der Waals surface area contributed by atoms with Crippen molar-refractivity contribution in [1.29, 1.82) is 0 Å². The lowest BCUT2D eigenvalue weighted by atomic mass is 9.92. The quantitative estimate of drug-likeness (QED) is 0.495. The molecule has 0 aliphatic carbocycles. The number of carbonyl (C=O) groups excluding carboxylic acids is 1. The van der Waals surface area contributed by atoms with E-state index in [0.717, 1.165) is 26.9 Å². The molecule has 0 fully saturated rings. The van der Waals surface area contributed by atoms with Crippen molar-refractivity contribution < 1.29 is 13.9 Å². The second-order valence-corrected chi connectivity index (χ2v) is 8.75. The molecular weight excluding hydrogens is 451 g/mol. The Labute approximate surface area is 193 Å². The Kier molecular flexibility index (Phi) is 5.27. The zero-order valence-corrected chi connectivity index (χ0v) is 18.8. The highest BCUT2D eigenvalue weighted by atomic mass is 35.5. The standard InChI is InChI=1S/C23H18ClFN4O2S/c1-3-31-22(30)19-12(2)27-23-29(17-9-6-14(24)10-18(17)32-23)21(19)16-11-26-28-20(16)13-4-7-15(25)8-5-13/h4-11,21H,3H2,1-2H3,(H,26,28). The van der Waals surface area contributed by atoms with Gasteiger partial charge in [0.15, 0.2) is 5.17 Å². The van der Waals surface area contributed by atoms with Crippen molar-refractivity contribution in [2.75, 3.05) is 11.5 Å². The number of carbonyl (C=O) groups is 1. The maximum atomic E-state index is 13.5. The second kappa shape index (κ2) is 8.11. The largest absolute Gasteiger partial charge is 0.463 e. The summed E-state index contributed by atoms with van der Waals surface area (Å²) in [4.78, 5) is 20.7. The van der Waals surface area contributed by atoms with Crippen molar-refractivity contribution in [2.24, 2.45) is 4.99 Å². The van der Waals surface area contributed by atoms with Gasteiger partial charge in [-0.05, 0) is 68.1 Å². The van der Waals surface area contributed by atoms with Gasteiger partial charge in [-0.3, -0.25) is 5.10 Å². The van der Waals surface area contributed by atoms with Crippen molar-refractivity contribution in [3.05, 3.63) is 76.3 Å². The molecular formula is C23H18ClFN4O2S. The highest BCUT2D eigenvalue weighted by Gasteiger charge is 2.43. The van der Waals surface area contributed by atoms with Crippen molar-refractivity contribution >= 4 is 40.2 Å². The smallest absolute Gasteiger partial charge is 0.338 e. The fraction of sp³-hybridized carbons (Fsp3) is 0.174. The first-order valence-electron chi connectivity index (χ1n) is 10.0. The van der Waals surface area contributed by atoms with Crippen LogP contribution in [0.2, 0.25) is 5.02 Å². The molecule has 1 atom stereocenters. The number of amidine groups is 1. The number of aromatic nitrogens is 2. The molecule has 9 heteroatoms. The van der Waals surface area contributed by atoms with Gasteiger partial charge in [0.05, 0.1) is 41.5 Å². The summed E-state index contributed by atoms with van der Waals surface area (Å²) in [5.41, 5.74) is 4.12. The van der Waals surface area contributed by atoms with Crippen LogP contribution < -0.4 is 4.90 Å². The summed E-state index contributed by atoms with van der Waals surface area (Å²) in [6.07, 6.45) is 1.69. The lowest BCUT2D eigenvalue weighted by molar-refractivity contribution is -0.138. The molecule has 32 heavy (non-hydrogen) atoms. The first-order chi connectivity index (χ1) is 15.5. The number of ether oxygens (including phenoxy) is 1.